The summed E-state index contributed by atoms with van der Waals surface area (Å²) in [5.41, 5.74) is 4.23. The minimum atomic E-state index is -1.02. The first kappa shape index (κ1) is 35.4. The normalized spacial score (nSPS) is 15.1. The van der Waals surface area contributed by atoms with Crippen LogP contribution in [0.2, 0.25) is 0 Å². The zero-order chi connectivity index (χ0) is 28.7. The number of nitrogens with one attached hydrogen (secondary N) is 1. The number of amides is 1. The second kappa shape index (κ2) is 19.4. The van der Waals surface area contributed by atoms with Crippen molar-refractivity contribution in [2.24, 2.45) is 5.92 Å². The molecule has 222 valence electrons. The van der Waals surface area contributed by atoms with Gasteiger partial charge in [0.2, 0.25) is 0 Å². The molecule has 0 aliphatic heterocycles. The van der Waals surface area contributed by atoms with Crippen molar-refractivity contribution in [3.63, 3.8) is 0 Å². The Hall–Kier alpha value is -1.75. The fraction of sp³-hybridized carbons (Fsp3) is 0.576. The monoisotopic (exact) mass is 577 g/mol. The summed E-state index contributed by atoms with van der Waals surface area (Å²) >= 11 is 1.56. The fourth-order valence-electron chi connectivity index (χ4n) is 5.36. The van der Waals surface area contributed by atoms with Gasteiger partial charge in [-0.2, -0.15) is 11.8 Å². The molecule has 0 bridgehead atoms. The molecule has 2 atom stereocenters. The minimum absolute atomic E-state index is 0. The van der Waals surface area contributed by atoms with E-state index in [-0.39, 0.29) is 30.9 Å². The number of aliphatic carboxylic acids is 1. The van der Waals surface area contributed by atoms with Crippen LogP contribution in [0, 0.1) is 12.8 Å². The van der Waals surface area contributed by atoms with Crippen molar-refractivity contribution in [3.05, 3.63) is 59.2 Å². The predicted molar refractivity (Wildman–Crippen MR) is 171 cm³/mol. The molecule has 0 saturated heterocycles. The Morgan fingerprint density at radius 3 is 2.54 bits per heavy atom. The molecule has 1 aliphatic carbocycles. The Balaban J connectivity index is 0.00000588. The molecule has 1 aliphatic rings. The van der Waals surface area contributed by atoms with Crippen LogP contribution in [0.15, 0.2) is 42.5 Å². The van der Waals surface area contributed by atoms with Crippen LogP contribution in [0.1, 0.15) is 86.2 Å². The van der Waals surface area contributed by atoms with E-state index in [1.165, 1.54) is 32.1 Å². The Bertz CT molecular complexity index is 1080. The molecule has 3 rings (SSSR count). The van der Waals surface area contributed by atoms with Gasteiger partial charge in [0.1, 0.15) is 6.04 Å². The van der Waals surface area contributed by atoms with Crippen LogP contribution >= 0.6 is 11.8 Å². The first-order valence-corrected chi connectivity index (χ1v) is 16.2. The number of hydrogen-bond donors (Lipinski definition) is 2. The molecule has 2 N–H and O–H groups in total. The van der Waals surface area contributed by atoms with Gasteiger partial charge in [-0.15, -0.1) is 0 Å². The number of unbranched alkanes of at least 4 members (excludes halogenated alkanes) is 1. The molecule has 6 nitrogen and oxygen atoms in total. The van der Waals surface area contributed by atoms with E-state index in [1.807, 2.05) is 49.6 Å². The molecule has 1 fully saturated rings. The summed E-state index contributed by atoms with van der Waals surface area (Å²) in [6.45, 7) is 5.99. The van der Waals surface area contributed by atoms with E-state index in [2.05, 4.69) is 12.2 Å². The molecule has 0 aromatic heterocycles. The van der Waals surface area contributed by atoms with Crippen molar-refractivity contribution in [1.82, 2.24) is 5.32 Å². The third kappa shape index (κ3) is 11.8. The second-order valence-electron chi connectivity index (χ2n) is 10.9. The van der Waals surface area contributed by atoms with Crippen LogP contribution < -0.4 is 5.32 Å². The average molecular weight is 578 g/mol. The molecule has 0 radical (unpaired) electrons. The molecule has 2 aromatic carbocycles. The van der Waals surface area contributed by atoms with Gasteiger partial charge >= 0.3 is 24.8 Å². The number of aryl methyl sites for hydroxylation is 1. The summed E-state index contributed by atoms with van der Waals surface area (Å²) in [5, 5.41) is 12.4. The van der Waals surface area contributed by atoms with E-state index in [9.17, 15) is 14.7 Å². The summed E-state index contributed by atoms with van der Waals surface area (Å²) in [6.07, 6.45) is 12.0. The first-order chi connectivity index (χ1) is 19.4. The Kier molecular flexibility index (Phi) is 16.8. The van der Waals surface area contributed by atoms with Gasteiger partial charge in [0.15, 0.2) is 0 Å². The molecule has 1 saturated carbocycles. The van der Waals surface area contributed by atoms with Crippen LogP contribution in [-0.2, 0) is 20.9 Å². The summed E-state index contributed by atoms with van der Waals surface area (Å²) in [4.78, 5) is 25.2. The molecule has 0 heterocycles. The molecule has 1 unspecified atom stereocenters. The van der Waals surface area contributed by atoms with Gasteiger partial charge in [0, 0.05) is 12.2 Å². The average Bonchev–Trinajstić information content (AvgIpc) is 2.96. The van der Waals surface area contributed by atoms with Gasteiger partial charge in [-0.25, -0.2) is 4.79 Å². The van der Waals surface area contributed by atoms with E-state index in [4.69, 9.17) is 9.47 Å². The van der Waals surface area contributed by atoms with Gasteiger partial charge in [-0.1, -0.05) is 75.8 Å². The second-order valence-corrected chi connectivity index (χ2v) is 11.9. The van der Waals surface area contributed by atoms with Crippen molar-refractivity contribution >= 4 is 42.5 Å². The van der Waals surface area contributed by atoms with Gasteiger partial charge in [-0.3, -0.25) is 4.79 Å². The molecule has 1 amide bonds. The van der Waals surface area contributed by atoms with E-state index in [0.29, 0.717) is 36.9 Å². The molecular weight excluding hydrogens is 529 g/mol. The van der Waals surface area contributed by atoms with Crippen molar-refractivity contribution in [3.8, 4) is 11.1 Å². The molecule has 41 heavy (non-hydrogen) atoms. The number of ether oxygens (including phenoxy) is 2. The van der Waals surface area contributed by atoms with E-state index >= 15 is 0 Å². The summed E-state index contributed by atoms with van der Waals surface area (Å²) < 4.78 is 12.4. The number of benzene rings is 2. The molecule has 2 aromatic rings. The van der Waals surface area contributed by atoms with Crippen LogP contribution in [-0.4, -0.2) is 73.2 Å². The van der Waals surface area contributed by atoms with E-state index in [0.717, 1.165) is 48.1 Å². The number of carbonyl (C=O) groups is 2. The zero-order valence-electron chi connectivity index (χ0n) is 24.5. The maximum atomic E-state index is 13.4. The van der Waals surface area contributed by atoms with Gasteiger partial charge in [0.25, 0.3) is 5.91 Å². The van der Waals surface area contributed by atoms with Crippen LogP contribution in [0.3, 0.4) is 0 Å². The van der Waals surface area contributed by atoms with E-state index in [1.54, 1.807) is 17.8 Å². The first-order valence-electron chi connectivity index (χ1n) is 14.8. The number of carboxylic acids is 1. The van der Waals surface area contributed by atoms with Crippen LogP contribution in [0.25, 0.3) is 11.1 Å². The third-order valence-corrected chi connectivity index (χ3v) is 8.37. The van der Waals surface area contributed by atoms with Gasteiger partial charge < -0.3 is 19.9 Å². The maximum absolute atomic E-state index is 13.4. The number of carbonyl (C=O) groups excluding carboxylic acids is 1. The Morgan fingerprint density at radius 1 is 1.10 bits per heavy atom. The third-order valence-electron chi connectivity index (χ3n) is 7.73. The topological polar surface area (TPSA) is 84.9 Å². The molecule has 8 heteroatoms. The van der Waals surface area contributed by atoms with Crippen LogP contribution in [0.4, 0.5) is 0 Å². The fourth-order valence-corrected chi connectivity index (χ4v) is 5.83. The van der Waals surface area contributed by atoms with Gasteiger partial charge in [-0.05, 0) is 78.5 Å². The predicted octanol–water partition coefficient (Wildman–Crippen LogP) is 6.62. The van der Waals surface area contributed by atoms with Crippen molar-refractivity contribution in [1.29, 1.82) is 0 Å². The Labute approximate surface area is 262 Å². The summed E-state index contributed by atoms with van der Waals surface area (Å²) in [6, 6.07) is 12.8. The van der Waals surface area contributed by atoms with Gasteiger partial charge in [0.05, 0.1) is 19.3 Å². The van der Waals surface area contributed by atoms with Crippen molar-refractivity contribution in [2.45, 2.75) is 90.4 Å². The summed E-state index contributed by atoms with van der Waals surface area (Å²) in [5.74, 6) is -0.0494. The number of thioether (sulfide) groups is 1. The number of rotatable bonds is 17. The van der Waals surface area contributed by atoms with Crippen molar-refractivity contribution < 1.29 is 24.2 Å². The molecule has 0 spiro atoms. The van der Waals surface area contributed by atoms with Crippen molar-refractivity contribution in [2.75, 3.05) is 25.2 Å². The number of carboxylic acid groups (broad SMARTS) is 1. The quantitative estimate of drug-likeness (QED) is 0.162. The summed E-state index contributed by atoms with van der Waals surface area (Å²) in [7, 11) is 0. The van der Waals surface area contributed by atoms with Crippen LogP contribution in [0.5, 0.6) is 0 Å². The number of hydrogen-bond acceptors (Lipinski definition) is 5. The standard InChI is InChI=1S/C33H47NO5S.Li.H/c1-4-5-18-38-23-27(20-25-12-7-6-8-13-25)39-22-26-15-16-29(30(21-26)28-14-10-9-11-24(28)2)32(35)34-31(33(36)37)17-19-40-3;;/h9-11,14-16,21,25,27,31H,4-8,12-13,17-20,22-23H2,1-3H3,(H,34,35)(H,36,37);;/t27?,31-;;/m0../s1. The molecular formula is C33H48LiNO5S. The Morgan fingerprint density at radius 2 is 1.85 bits per heavy atom. The van der Waals surface area contributed by atoms with E-state index < -0.39 is 12.0 Å². The SMILES string of the molecule is CCCCOCC(CC1CCCCC1)OCc1ccc(C(=O)N[C@@H](CCSC)C(=O)O)c(-c2ccccc2C)c1.[LiH]. The zero-order valence-corrected chi connectivity index (χ0v) is 25.3.